The number of aromatic hydroxyl groups is 2. The van der Waals surface area contributed by atoms with Crippen LogP contribution in [0.3, 0.4) is 0 Å². The lowest BCUT2D eigenvalue weighted by Crippen LogP contribution is -2.32. The molecular weight excluding hydrogens is 468 g/mol. The van der Waals surface area contributed by atoms with Crippen LogP contribution in [0.15, 0.2) is 38.1 Å². The van der Waals surface area contributed by atoms with Crippen molar-refractivity contribution in [2.75, 3.05) is 25.7 Å². The van der Waals surface area contributed by atoms with Gasteiger partial charge in [0.05, 0.1) is 31.3 Å². The molecule has 2 aromatic heterocycles. The van der Waals surface area contributed by atoms with Crippen LogP contribution in [0.1, 0.15) is 22.6 Å². The summed E-state index contributed by atoms with van der Waals surface area (Å²) < 4.78 is 13.7. The molecule has 0 saturated carbocycles. The maximum Gasteiger partial charge on any atom is 0.262 e. The van der Waals surface area contributed by atoms with E-state index < -0.39 is 28.8 Å². The molecule has 4 heterocycles. The number of methoxy groups -OCH3 is 2. The molecule has 1 aromatic carbocycles. The summed E-state index contributed by atoms with van der Waals surface area (Å²) in [6.07, 6.45) is 0. The van der Waals surface area contributed by atoms with E-state index in [2.05, 4.69) is 9.97 Å². The third-order valence-electron chi connectivity index (χ3n) is 5.71. The number of thioether (sulfide) groups is 2. The lowest BCUT2D eigenvalue weighted by Gasteiger charge is -2.21. The number of ether oxygens (including phenoxy) is 2. The molecule has 12 heteroatoms. The Morgan fingerprint density at radius 1 is 0.879 bits per heavy atom. The lowest BCUT2D eigenvalue weighted by molar-refractivity contribution is 0.354. The molecule has 0 unspecified atom stereocenters. The third-order valence-corrected chi connectivity index (χ3v) is 7.62. The molecule has 2 aliphatic rings. The highest BCUT2D eigenvalue weighted by atomic mass is 32.2. The first-order chi connectivity index (χ1) is 15.9. The molecule has 0 fully saturated rings. The van der Waals surface area contributed by atoms with Crippen molar-refractivity contribution in [3.63, 3.8) is 0 Å². The summed E-state index contributed by atoms with van der Waals surface area (Å²) in [5.41, 5.74) is -0.710. The molecule has 33 heavy (non-hydrogen) atoms. The monoisotopic (exact) mass is 488 g/mol. The molecule has 10 nitrogen and oxygen atoms in total. The largest absolute Gasteiger partial charge is 0.493 e. The van der Waals surface area contributed by atoms with Gasteiger partial charge in [-0.2, -0.15) is 9.97 Å². The minimum absolute atomic E-state index is 0.103. The smallest absolute Gasteiger partial charge is 0.262 e. The van der Waals surface area contributed by atoms with Crippen LogP contribution >= 0.6 is 23.5 Å². The van der Waals surface area contributed by atoms with E-state index in [1.807, 2.05) is 0 Å². The van der Waals surface area contributed by atoms with Crippen molar-refractivity contribution in [3.05, 3.63) is 55.6 Å². The Hall–Kier alpha value is -3.12. The fourth-order valence-corrected chi connectivity index (χ4v) is 6.04. The van der Waals surface area contributed by atoms with Crippen molar-refractivity contribution < 1.29 is 19.7 Å². The quantitative estimate of drug-likeness (QED) is 0.511. The van der Waals surface area contributed by atoms with Gasteiger partial charge in [0, 0.05) is 24.6 Å². The van der Waals surface area contributed by atoms with Gasteiger partial charge in [-0.1, -0.05) is 29.6 Å². The molecule has 0 bridgehead atoms. The molecule has 0 radical (unpaired) electrons. The Labute approximate surface area is 196 Å². The maximum absolute atomic E-state index is 13.5. The second-order valence-corrected chi connectivity index (χ2v) is 9.55. The molecule has 0 atom stereocenters. The van der Waals surface area contributed by atoms with Gasteiger partial charge >= 0.3 is 0 Å². The van der Waals surface area contributed by atoms with Gasteiger partial charge in [-0.25, -0.2) is 0 Å². The van der Waals surface area contributed by atoms with E-state index in [9.17, 15) is 19.8 Å². The van der Waals surface area contributed by atoms with Gasteiger partial charge in [-0.05, 0) is 17.7 Å². The highest BCUT2D eigenvalue weighted by Gasteiger charge is 2.35. The fourth-order valence-electron chi connectivity index (χ4n) is 4.16. The SMILES string of the molecule is COc1ccc(C(c2c(O)nc3n(c2=O)CCS3)c2c(O)nc3n(c2=O)CCS3)cc1OC. The topological polar surface area (TPSA) is 129 Å². The van der Waals surface area contributed by atoms with Gasteiger partial charge < -0.3 is 19.7 Å². The summed E-state index contributed by atoms with van der Waals surface area (Å²) in [5.74, 6) is 0.0206. The molecule has 0 spiro atoms. The molecule has 3 aromatic rings. The van der Waals surface area contributed by atoms with E-state index in [0.717, 1.165) is 0 Å². The van der Waals surface area contributed by atoms with Crippen molar-refractivity contribution in [2.45, 2.75) is 29.3 Å². The first kappa shape index (κ1) is 21.7. The zero-order chi connectivity index (χ0) is 23.3. The van der Waals surface area contributed by atoms with Gasteiger partial charge in [0.15, 0.2) is 21.8 Å². The standard InChI is InChI=1S/C21H20N4O6S2/c1-30-11-4-3-10(9-12(11)31-2)13(14-16(26)22-20-24(18(14)28)5-7-32-20)15-17(27)23-21-25(19(15)29)6-8-33-21/h3-4,9,13,26-27H,5-8H2,1-2H3. The van der Waals surface area contributed by atoms with Crippen LogP contribution in [0.5, 0.6) is 23.3 Å². The van der Waals surface area contributed by atoms with Gasteiger partial charge in [0.1, 0.15) is 0 Å². The minimum atomic E-state index is -1.13. The van der Waals surface area contributed by atoms with Crippen molar-refractivity contribution in [3.8, 4) is 23.3 Å². The number of aromatic nitrogens is 4. The summed E-state index contributed by atoms with van der Waals surface area (Å²) >= 11 is 2.73. The van der Waals surface area contributed by atoms with Gasteiger partial charge in [-0.3, -0.25) is 18.7 Å². The van der Waals surface area contributed by atoms with E-state index in [1.165, 1.54) is 46.9 Å². The number of fused-ring (bicyclic) bond motifs is 2. The number of nitrogens with zero attached hydrogens (tertiary/aromatic N) is 4. The second-order valence-electron chi connectivity index (χ2n) is 7.42. The maximum atomic E-state index is 13.5. The van der Waals surface area contributed by atoms with Crippen LogP contribution in [0.4, 0.5) is 0 Å². The molecule has 2 N–H and O–H groups in total. The van der Waals surface area contributed by atoms with Crippen molar-refractivity contribution in [1.82, 2.24) is 19.1 Å². The third kappa shape index (κ3) is 3.44. The Morgan fingerprint density at radius 2 is 1.39 bits per heavy atom. The van der Waals surface area contributed by atoms with Crippen LogP contribution in [-0.4, -0.2) is 55.0 Å². The average Bonchev–Trinajstić information content (AvgIpc) is 3.47. The Kier molecular flexibility index (Phi) is 5.49. The lowest BCUT2D eigenvalue weighted by atomic mass is 9.86. The van der Waals surface area contributed by atoms with Crippen LogP contribution in [-0.2, 0) is 13.1 Å². The zero-order valence-corrected chi connectivity index (χ0v) is 19.4. The highest BCUT2D eigenvalue weighted by Crippen LogP contribution is 2.41. The average molecular weight is 489 g/mol. The normalized spacial score (nSPS) is 14.4. The summed E-state index contributed by atoms with van der Waals surface area (Å²) in [4.78, 5) is 35.4. The van der Waals surface area contributed by atoms with Crippen molar-refractivity contribution >= 4 is 23.5 Å². The van der Waals surface area contributed by atoms with Crippen LogP contribution in [0.25, 0.3) is 0 Å². The van der Waals surface area contributed by atoms with Crippen molar-refractivity contribution in [1.29, 1.82) is 0 Å². The number of hydrogen-bond donors (Lipinski definition) is 2. The zero-order valence-electron chi connectivity index (χ0n) is 17.8. The summed E-state index contributed by atoms with van der Waals surface area (Å²) in [6.45, 7) is 0.865. The molecule has 0 aliphatic carbocycles. The molecule has 172 valence electrons. The molecular formula is C21H20N4O6S2. The first-order valence-corrected chi connectivity index (χ1v) is 12.1. The molecule has 0 amide bonds. The predicted molar refractivity (Wildman–Crippen MR) is 122 cm³/mol. The van der Waals surface area contributed by atoms with E-state index in [-0.39, 0.29) is 11.1 Å². The van der Waals surface area contributed by atoms with Gasteiger partial charge in [-0.15, -0.1) is 0 Å². The highest BCUT2D eigenvalue weighted by molar-refractivity contribution is 7.99. The summed E-state index contributed by atoms with van der Waals surface area (Å²) in [7, 11) is 2.97. The predicted octanol–water partition coefficient (Wildman–Crippen LogP) is 1.62. The van der Waals surface area contributed by atoms with Gasteiger partial charge in [0.25, 0.3) is 11.1 Å². The number of hydrogen-bond acceptors (Lipinski definition) is 10. The first-order valence-electron chi connectivity index (χ1n) is 10.1. The molecule has 2 aliphatic heterocycles. The van der Waals surface area contributed by atoms with E-state index >= 15 is 0 Å². The van der Waals surface area contributed by atoms with Crippen molar-refractivity contribution in [2.24, 2.45) is 0 Å². The van der Waals surface area contributed by atoms with Gasteiger partial charge in [0.2, 0.25) is 11.8 Å². The Balaban J connectivity index is 1.83. The van der Waals surface area contributed by atoms with Crippen LogP contribution in [0, 0.1) is 0 Å². The minimum Gasteiger partial charge on any atom is -0.493 e. The second kappa shape index (κ2) is 8.34. The Bertz CT molecular complexity index is 1310. The summed E-state index contributed by atoms with van der Waals surface area (Å²) in [6, 6.07) is 4.90. The molecule has 0 saturated heterocycles. The fraction of sp³-hybridized carbons (Fsp3) is 0.333. The van der Waals surface area contributed by atoms with Crippen LogP contribution in [0.2, 0.25) is 0 Å². The van der Waals surface area contributed by atoms with E-state index in [4.69, 9.17) is 9.47 Å². The van der Waals surface area contributed by atoms with Crippen LogP contribution < -0.4 is 20.6 Å². The van der Waals surface area contributed by atoms with E-state index in [1.54, 1.807) is 18.2 Å². The number of rotatable bonds is 5. The Morgan fingerprint density at radius 3 is 1.88 bits per heavy atom. The molecule has 5 rings (SSSR count). The summed E-state index contributed by atoms with van der Waals surface area (Å²) in [5, 5.41) is 22.5. The number of benzene rings is 1. The van der Waals surface area contributed by atoms with E-state index in [0.29, 0.717) is 52.0 Å².